The second-order valence-electron chi connectivity index (χ2n) is 6.28. The van der Waals surface area contributed by atoms with E-state index in [4.69, 9.17) is 16.7 Å². The number of aliphatic hydroxyl groups excluding tert-OH is 1. The second kappa shape index (κ2) is 9.40. The fourth-order valence-electron chi connectivity index (χ4n) is 2.69. The second-order valence-corrected chi connectivity index (χ2v) is 6.71. The van der Waals surface area contributed by atoms with Crippen molar-refractivity contribution >= 4 is 34.7 Å². The molecule has 0 aliphatic heterocycles. The number of halogens is 2. The van der Waals surface area contributed by atoms with Gasteiger partial charge in [-0.05, 0) is 43.2 Å². The van der Waals surface area contributed by atoms with Crippen LogP contribution >= 0.6 is 11.6 Å². The Morgan fingerprint density at radius 3 is 2.79 bits per heavy atom. The van der Waals surface area contributed by atoms with E-state index in [9.17, 15) is 9.18 Å². The quantitative estimate of drug-likeness (QED) is 0.540. The Kier molecular flexibility index (Phi) is 6.69. The van der Waals surface area contributed by atoms with Crippen LogP contribution in [0.5, 0.6) is 0 Å². The zero-order chi connectivity index (χ0) is 20.8. The van der Waals surface area contributed by atoms with Crippen LogP contribution < -0.4 is 10.6 Å². The fourth-order valence-corrected chi connectivity index (χ4v) is 2.87. The van der Waals surface area contributed by atoms with Gasteiger partial charge < -0.3 is 15.7 Å². The number of aryl methyl sites for hydroxylation is 1. The molecule has 3 N–H and O–H groups in total. The van der Waals surface area contributed by atoms with Crippen molar-refractivity contribution in [2.45, 2.75) is 19.8 Å². The molecular formula is C20H19ClFN5O2. The van der Waals surface area contributed by atoms with Crippen LogP contribution in [0.4, 0.5) is 21.6 Å². The molecule has 2 heterocycles. The molecule has 0 saturated carbocycles. The highest BCUT2D eigenvalue weighted by Gasteiger charge is 2.13. The minimum Gasteiger partial charge on any atom is -0.396 e. The van der Waals surface area contributed by atoms with Gasteiger partial charge in [0, 0.05) is 42.1 Å². The van der Waals surface area contributed by atoms with Crippen LogP contribution in [0.3, 0.4) is 0 Å². The number of hydrogen-bond donors (Lipinski definition) is 3. The highest BCUT2D eigenvalue weighted by atomic mass is 35.5. The van der Waals surface area contributed by atoms with Crippen molar-refractivity contribution in [3.05, 3.63) is 59.1 Å². The minimum absolute atomic E-state index is 0.00767. The number of carbonyl (C=O) groups is 1. The standard InChI is InChI=1S/C20H19ClFN5O2/c1-12(29)24-20-10-14(6-7-23-20)25-19-11-18(27-26-17(19)3-2-8-28)15-9-13(21)4-5-16(15)22/h4-7,9-11,28H,2-3,8H2,1H3,(H2,23,24,25,27,29). The van der Waals surface area contributed by atoms with Gasteiger partial charge in [-0.25, -0.2) is 9.37 Å². The lowest BCUT2D eigenvalue weighted by Crippen LogP contribution is -2.08. The van der Waals surface area contributed by atoms with Crippen LogP contribution in [0.2, 0.25) is 5.02 Å². The molecule has 2 aromatic heterocycles. The molecule has 150 valence electrons. The van der Waals surface area contributed by atoms with Gasteiger partial charge in [-0.15, -0.1) is 5.10 Å². The normalized spacial score (nSPS) is 10.6. The summed E-state index contributed by atoms with van der Waals surface area (Å²) in [5.41, 5.74) is 2.41. The van der Waals surface area contributed by atoms with E-state index in [-0.39, 0.29) is 18.1 Å². The Hall–Kier alpha value is -3.10. The van der Waals surface area contributed by atoms with Gasteiger partial charge in [0.15, 0.2) is 0 Å². The summed E-state index contributed by atoms with van der Waals surface area (Å²) < 4.78 is 14.3. The number of aliphatic hydroxyl groups is 1. The predicted octanol–water partition coefficient (Wildman–Crippen LogP) is 3.96. The molecule has 29 heavy (non-hydrogen) atoms. The first-order chi connectivity index (χ1) is 14.0. The molecule has 1 amide bonds. The summed E-state index contributed by atoms with van der Waals surface area (Å²) in [6.45, 7) is 1.40. The SMILES string of the molecule is CC(=O)Nc1cc(Nc2cc(-c3cc(Cl)ccc3F)nnc2CCCO)ccn1. The maximum Gasteiger partial charge on any atom is 0.222 e. The van der Waals surface area contributed by atoms with E-state index in [1.807, 2.05) is 0 Å². The Bertz CT molecular complexity index is 1030. The van der Waals surface area contributed by atoms with Gasteiger partial charge in [0.2, 0.25) is 5.91 Å². The molecule has 7 nitrogen and oxygen atoms in total. The first-order valence-corrected chi connectivity index (χ1v) is 9.27. The number of amides is 1. The number of benzene rings is 1. The number of carbonyl (C=O) groups excluding carboxylic acids is 1. The van der Waals surface area contributed by atoms with Gasteiger partial charge in [-0.3, -0.25) is 4.79 Å². The van der Waals surface area contributed by atoms with Gasteiger partial charge in [0.1, 0.15) is 11.6 Å². The molecular weight excluding hydrogens is 397 g/mol. The molecule has 0 radical (unpaired) electrons. The van der Waals surface area contributed by atoms with Crippen LogP contribution in [-0.2, 0) is 11.2 Å². The number of anilines is 3. The summed E-state index contributed by atoms with van der Waals surface area (Å²) in [5.74, 6) is -0.306. The third-order valence-corrected chi connectivity index (χ3v) is 4.22. The van der Waals surface area contributed by atoms with Crippen LogP contribution in [0.1, 0.15) is 19.0 Å². The summed E-state index contributed by atoms with van der Waals surface area (Å²) in [6, 6.07) is 9.28. The highest BCUT2D eigenvalue weighted by molar-refractivity contribution is 6.30. The summed E-state index contributed by atoms with van der Waals surface area (Å²) in [7, 11) is 0. The first kappa shape index (κ1) is 20.6. The zero-order valence-corrected chi connectivity index (χ0v) is 16.4. The molecule has 0 unspecified atom stereocenters. The first-order valence-electron chi connectivity index (χ1n) is 8.90. The van der Waals surface area contributed by atoms with Crippen LogP contribution in [0.15, 0.2) is 42.6 Å². The van der Waals surface area contributed by atoms with E-state index in [0.29, 0.717) is 46.4 Å². The van der Waals surface area contributed by atoms with Gasteiger partial charge in [-0.2, -0.15) is 5.10 Å². The predicted molar refractivity (Wildman–Crippen MR) is 110 cm³/mol. The van der Waals surface area contributed by atoms with Crippen molar-refractivity contribution in [2.75, 3.05) is 17.2 Å². The Labute approximate surface area is 172 Å². The fraction of sp³-hybridized carbons (Fsp3) is 0.200. The number of rotatable bonds is 7. The molecule has 0 atom stereocenters. The zero-order valence-electron chi connectivity index (χ0n) is 15.6. The van der Waals surface area contributed by atoms with Crippen LogP contribution in [0, 0.1) is 5.82 Å². The third kappa shape index (κ3) is 5.46. The van der Waals surface area contributed by atoms with Crippen molar-refractivity contribution < 1.29 is 14.3 Å². The lowest BCUT2D eigenvalue weighted by Gasteiger charge is -2.13. The smallest absolute Gasteiger partial charge is 0.222 e. The molecule has 1 aromatic carbocycles. The van der Waals surface area contributed by atoms with E-state index in [0.717, 1.165) is 0 Å². The summed E-state index contributed by atoms with van der Waals surface area (Å²) in [5, 5.41) is 23.7. The summed E-state index contributed by atoms with van der Waals surface area (Å²) >= 11 is 6.00. The average molecular weight is 416 g/mol. The molecule has 0 bridgehead atoms. The Balaban J connectivity index is 1.98. The van der Waals surface area contributed by atoms with E-state index < -0.39 is 5.82 Å². The highest BCUT2D eigenvalue weighted by Crippen LogP contribution is 2.29. The third-order valence-electron chi connectivity index (χ3n) is 3.99. The molecule has 9 heteroatoms. The summed E-state index contributed by atoms with van der Waals surface area (Å²) in [6.07, 6.45) is 2.53. The van der Waals surface area contributed by atoms with Crippen LogP contribution in [-0.4, -0.2) is 32.8 Å². The van der Waals surface area contributed by atoms with E-state index in [2.05, 4.69) is 25.8 Å². The van der Waals surface area contributed by atoms with E-state index in [1.165, 1.54) is 25.1 Å². The van der Waals surface area contributed by atoms with Gasteiger partial charge >= 0.3 is 0 Å². The molecule has 0 spiro atoms. The van der Waals surface area contributed by atoms with Crippen molar-refractivity contribution in [3.8, 4) is 11.3 Å². The van der Waals surface area contributed by atoms with E-state index >= 15 is 0 Å². The van der Waals surface area contributed by atoms with E-state index in [1.54, 1.807) is 24.4 Å². The molecule has 0 fully saturated rings. The topological polar surface area (TPSA) is 100 Å². The monoisotopic (exact) mass is 415 g/mol. The van der Waals surface area contributed by atoms with Crippen molar-refractivity contribution in [3.63, 3.8) is 0 Å². The maximum absolute atomic E-state index is 14.3. The number of hydrogen-bond acceptors (Lipinski definition) is 6. The van der Waals surface area contributed by atoms with Crippen molar-refractivity contribution in [1.82, 2.24) is 15.2 Å². The molecule has 0 saturated heterocycles. The average Bonchev–Trinajstić information content (AvgIpc) is 2.68. The van der Waals surface area contributed by atoms with Crippen molar-refractivity contribution in [2.24, 2.45) is 0 Å². The Morgan fingerprint density at radius 2 is 2.03 bits per heavy atom. The maximum atomic E-state index is 14.3. The molecule has 3 rings (SSSR count). The van der Waals surface area contributed by atoms with Crippen molar-refractivity contribution in [1.29, 1.82) is 0 Å². The number of pyridine rings is 1. The lowest BCUT2D eigenvalue weighted by atomic mass is 10.1. The van der Waals surface area contributed by atoms with Crippen LogP contribution in [0.25, 0.3) is 11.3 Å². The molecule has 3 aromatic rings. The minimum atomic E-state index is -0.463. The van der Waals surface area contributed by atoms with Gasteiger partial charge in [0.25, 0.3) is 0 Å². The summed E-state index contributed by atoms with van der Waals surface area (Å²) in [4.78, 5) is 15.3. The van der Waals surface area contributed by atoms with Gasteiger partial charge in [-0.1, -0.05) is 11.6 Å². The largest absolute Gasteiger partial charge is 0.396 e. The number of nitrogens with one attached hydrogen (secondary N) is 2. The number of nitrogens with zero attached hydrogens (tertiary/aromatic N) is 3. The number of aromatic nitrogens is 3. The van der Waals surface area contributed by atoms with Gasteiger partial charge in [0.05, 0.1) is 17.1 Å². The lowest BCUT2D eigenvalue weighted by molar-refractivity contribution is -0.114. The molecule has 0 aliphatic rings. The Morgan fingerprint density at radius 1 is 1.21 bits per heavy atom. The molecule has 0 aliphatic carbocycles.